The Kier molecular flexibility index (Phi) is 7.54. The number of para-hydroxylation sites is 1. The van der Waals surface area contributed by atoms with Crippen molar-refractivity contribution in [1.29, 1.82) is 10.8 Å². The van der Waals surface area contributed by atoms with Gasteiger partial charge in [0.1, 0.15) is 0 Å². The molecule has 9 heteroatoms. The topological polar surface area (TPSA) is 112 Å². The number of hydrogen-bond donors (Lipinski definition) is 4. The molecule has 0 radical (unpaired) electrons. The van der Waals surface area contributed by atoms with E-state index in [-0.39, 0.29) is 17.9 Å². The van der Waals surface area contributed by atoms with Gasteiger partial charge in [-0.05, 0) is 0 Å². The van der Waals surface area contributed by atoms with E-state index in [2.05, 4.69) is 67.8 Å². The average Bonchev–Trinajstić information content (AvgIpc) is 3.46. The number of amidine groups is 1. The number of aromatic nitrogens is 2. The first-order valence-electron chi connectivity index (χ1n) is 14.7. The van der Waals surface area contributed by atoms with E-state index in [0.717, 1.165) is 55.1 Å². The summed E-state index contributed by atoms with van der Waals surface area (Å²) in [7, 11) is 0. The number of halogens is 1. The Labute approximate surface area is 253 Å². The molecule has 42 heavy (non-hydrogen) atoms. The maximum absolute atomic E-state index is 12.9. The molecule has 4 N–H and O–H groups in total. The molecule has 7 rings (SSSR count). The Morgan fingerprint density at radius 2 is 1.76 bits per heavy atom. The first kappa shape index (κ1) is 27.3. The predicted octanol–water partition coefficient (Wildman–Crippen LogP) is 5.47. The Hall–Kier alpha value is -3.57. The van der Waals surface area contributed by atoms with Crippen LogP contribution in [-0.2, 0) is 30.7 Å². The van der Waals surface area contributed by atoms with Gasteiger partial charge in [-0.25, -0.2) is 0 Å². The van der Waals surface area contributed by atoms with Gasteiger partial charge in [0.05, 0.1) is 0 Å². The van der Waals surface area contributed by atoms with Crippen LogP contribution in [0.15, 0.2) is 72.9 Å². The fourth-order valence-electron chi connectivity index (χ4n) is 6.63. The minimum atomic E-state index is -1.65. The third-order valence-electron chi connectivity index (χ3n) is 8.97. The molecule has 3 aliphatic heterocycles. The van der Waals surface area contributed by atoms with Crippen molar-refractivity contribution in [1.82, 2.24) is 20.0 Å². The first-order chi connectivity index (χ1) is 20.5. The fraction of sp³-hybridized carbons (Fsp3) is 0.333. The molecule has 1 unspecified atom stereocenters. The Balaban J connectivity index is 1.06. The molecule has 4 heterocycles. The predicted molar refractivity (Wildman–Crippen MR) is 177 cm³/mol. The van der Waals surface area contributed by atoms with Crippen LogP contribution in [0.2, 0.25) is 0 Å². The van der Waals surface area contributed by atoms with Crippen molar-refractivity contribution in [2.24, 2.45) is 5.92 Å². The number of fused-ring (bicyclic) bond motifs is 4. The summed E-state index contributed by atoms with van der Waals surface area (Å²) in [5.41, 5.74) is 6.88. The van der Waals surface area contributed by atoms with Gasteiger partial charge in [0.2, 0.25) is 0 Å². The molecule has 1 fully saturated rings. The van der Waals surface area contributed by atoms with Gasteiger partial charge < -0.3 is 0 Å². The van der Waals surface area contributed by atoms with Crippen LogP contribution in [0.5, 0.6) is 0 Å². The third kappa shape index (κ3) is 5.35. The molecule has 4 aromatic rings. The van der Waals surface area contributed by atoms with Crippen molar-refractivity contribution in [2.75, 3.05) is 27.3 Å². The van der Waals surface area contributed by atoms with Crippen molar-refractivity contribution < 1.29 is 4.79 Å². The van der Waals surface area contributed by atoms with Crippen LogP contribution >= 0.6 is 19.8 Å². The Morgan fingerprint density at radius 1 is 0.976 bits per heavy atom. The molecule has 1 saturated heterocycles. The zero-order chi connectivity index (χ0) is 28.6. The number of amides is 1. The van der Waals surface area contributed by atoms with E-state index in [1.165, 1.54) is 22.3 Å². The summed E-state index contributed by atoms with van der Waals surface area (Å²) in [6, 6.07) is 22.7. The number of alkyl halides is 2. The van der Waals surface area contributed by atoms with E-state index in [1.807, 2.05) is 30.5 Å². The van der Waals surface area contributed by atoms with E-state index < -0.39 is 19.8 Å². The molecular formula is C33H36IN7O. The number of anilines is 1. The average molecular weight is 674 g/mol. The normalized spacial score (nSPS) is 21.9. The van der Waals surface area contributed by atoms with Crippen LogP contribution in [0, 0.1) is 16.7 Å². The zero-order valence-corrected chi connectivity index (χ0v) is 25.7. The second-order valence-corrected chi connectivity index (χ2v) is 17.6. The number of H-pyrrole nitrogens is 1. The van der Waals surface area contributed by atoms with Crippen LogP contribution < -0.4 is 5.32 Å². The molecule has 216 valence electrons. The number of carbonyl (C=O) groups is 1. The quantitative estimate of drug-likeness (QED) is 0.124. The number of hydrogen-bond acceptors (Lipinski definition) is 5. The summed E-state index contributed by atoms with van der Waals surface area (Å²) in [6.07, 6.45) is 4.11. The third-order valence-corrected chi connectivity index (χ3v) is 14.8. The van der Waals surface area contributed by atoms with E-state index in [9.17, 15) is 15.6 Å². The number of benzene rings is 3. The van der Waals surface area contributed by atoms with E-state index >= 15 is 0 Å². The summed E-state index contributed by atoms with van der Waals surface area (Å²) in [4.78, 5) is 17.5. The van der Waals surface area contributed by atoms with Crippen molar-refractivity contribution >= 4 is 51.9 Å². The number of rotatable bonds is 6. The zero-order valence-electron chi connectivity index (χ0n) is 23.6. The second kappa shape index (κ2) is 11.6. The number of nitrogens with zero attached hydrogens (tertiary/aromatic N) is 3. The molecule has 1 aromatic heterocycles. The number of carbonyl (C=O) groups excluding carboxylic acids is 1. The van der Waals surface area contributed by atoms with Gasteiger partial charge >= 0.3 is 254 Å². The van der Waals surface area contributed by atoms with Gasteiger partial charge in [0, 0.05) is 0 Å². The summed E-state index contributed by atoms with van der Waals surface area (Å²) in [6.45, 7) is 3.13. The maximum atomic E-state index is 12.9. The monoisotopic (exact) mass is 673 g/mol. The van der Waals surface area contributed by atoms with E-state index in [4.69, 9.17) is 0 Å². The Morgan fingerprint density at radius 3 is 2.60 bits per heavy atom. The van der Waals surface area contributed by atoms with E-state index in [1.54, 1.807) is 0 Å². The van der Waals surface area contributed by atoms with Crippen molar-refractivity contribution in [3.63, 3.8) is 0 Å². The van der Waals surface area contributed by atoms with Crippen molar-refractivity contribution in [2.45, 2.75) is 38.4 Å². The first-order valence-corrected chi connectivity index (χ1v) is 18.8. The minimum absolute atomic E-state index is 0.0113. The van der Waals surface area contributed by atoms with Gasteiger partial charge in [-0.15, -0.1) is 0 Å². The summed E-state index contributed by atoms with van der Waals surface area (Å²) >= 11 is -1.65. The SMILES string of the molecule is N=C1[C@H](CC(=N)I2CCN(C3Cc4ccccc4NC3=O)CC2)Cc2ccc3[nH]ncc3c2CN1Cc1ccccc1. The van der Waals surface area contributed by atoms with Crippen molar-refractivity contribution in [3.8, 4) is 0 Å². The molecule has 0 spiro atoms. The molecule has 2 atom stereocenters. The van der Waals surface area contributed by atoms with Gasteiger partial charge in [-0.3, -0.25) is 0 Å². The van der Waals surface area contributed by atoms with Gasteiger partial charge in [0.25, 0.3) is 0 Å². The second-order valence-electron chi connectivity index (χ2n) is 11.5. The number of nitrogens with one attached hydrogen (secondary N) is 4. The van der Waals surface area contributed by atoms with Crippen LogP contribution in [-0.4, -0.2) is 63.4 Å². The van der Waals surface area contributed by atoms with Crippen molar-refractivity contribution in [3.05, 3.63) is 95.2 Å². The summed E-state index contributed by atoms with van der Waals surface area (Å²) < 4.78 is 2.97. The molecular weight excluding hydrogens is 637 g/mol. The van der Waals surface area contributed by atoms with E-state index in [0.29, 0.717) is 25.3 Å². The van der Waals surface area contributed by atoms with Crippen LogP contribution in [0.3, 0.4) is 0 Å². The summed E-state index contributed by atoms with van der Waals surface area (Å²) in [5.74, 6) is 0.730. The standard InChI is InChI=1S/C33H36IN7O/c35-31(34-12-14-40(15-13-34)30-17-24-8-4-5-9-28(24)38-33(30)42)18-25-16-23-10-11-29-26(19-37-39-29)27(23)21-41(32(25)36)20-22-6-2-1-3-7-22/h1-11,19,25,30,35-36H,12-18,20-21H2,(H,37,39)(H,38,42)/t25-,30?/m0/s1. The van der Waals surface area contributed by atoms with Crippen LogP contribution in [0.25, 0.3) is 10.9 Å². The molecule has 0 aliphatic carbocycles. The molecule has 3 aliphatic rings. The molecule has 1 amide bonds. The molecule has 0 saturated carbocycles. The fourth-order valence-corrected chi connectivity index (χ4v) is 12.0. The number of aromatic amines is 1. The summed E-state index contributed by atoms with van der Waals surface area (Å²) in [5, 5.41) is 30.2. The van der Waals surface area contributed by atoms with Gasteiger partial charge in [0.15, 0.2) is 0 Å². The van der Waals surface area contributed by atoms with Crippen LogP contribution in [0.4, 0.5) is 5.69 Å². The Bertz CT molecular complexity index is 1640. The molecule has 0 bridgehead atoms. The van der Waals surface area contributed by atoms with Gasteiger partial charge in [-0.1, -0.05) is 0 Å². The van der Waals surface area contributed by atoms with Gasteiger partial charge in [-0.2, -0.15) is 0 Å². The molecule has 3 aromatic carbocycles. The van der Waals surface area contributed by atoms with Crippen LogP contribution in [0.1, 0.15) is 28.7 Å². The molecule has 8 nitrogen and oxygen atoms in total.